The molecular weight excluding hydrogens is 202 g/mol. The number of hydrogen-bond donors (Lipinski definition) is 2. The van der Waals surface area contributed by atoms with Crippen LogP contribution in [-0.4, -0.2) is 16.6 Å². The van der Waals surface area contributed by atoms with Crippen molar-refractivity contribution >= 4 is 17.7 Å². The van der Waals surface area contributed by atoms with Crippen LogP contribution in [0.25, 0.3) is 0 Å². The molecule has 5 nitrogen and oxygen atoms in total. The predicted molar refractivity (Wildman–Crippen MR) is 53.6 cm³/mol. The molecule has 0 saturated carbocycles. The molecule has 3 N–H and O–H groups in total. The van der Waals surface area contributed by atoms with Crippen LogP contribution >= 0.6 is 11.8 Å². The smallest absolute Gasteiger partial charge is 0.256 e. The lowest BCUT2D eigenvalue weighted by Gasteiger charge is -1.96. The second-order valence-electron chi connectivity index (χ2n) is 2.79. The van der Waals surface area contributed by atoms with Crippen molar-refractivity contribution in [1.82, 2.24) is 10.4 Å². The zero-order valence-electron chi connectivity index (χ0n) is 8.16. The van der Waals surface area contributed by atoms with Gasteiger partial charge in [-0.3, -0.25) is 10.2 Å². The van der Waals surface area contributed by atoms with Crippen LogP contribution in [-0.2, 0) is 4.79 Å². The summed E-state index contributed by atoms with van der Waals surface area (Å²) < 4.78 is 5.32. The molecular formula is C8H13N3O2S. The molecule has 0 saturated heterocycles. The van der Waals surface area contributed by atoms with E-state index in [0.29, 0.717) is 17.4 Å². The predicted octanol–water partition coefficient (Wildman–Crippen LogP) is 0.764. The number of nitrogens with zero attached hydrogens (tertiary/aromatic N) is 1. The molecule has 0 fully saturated rings. The highest BCUT2D eigenvalue weighted by Crippen LogP contribution is 2.20. The number of nitrogens with two attached hydrogens (primary N) is 1. The van der Waals surface area contributed by atoms with Gasteiger partial charge >= 0.3 is 0 Å². The van der Waals surface area contributed by atoms with Crippen molar-refractivity contribution in [3.63, 3.8) is 0 Å². The van der Waals surface area contributed by atoms with Gasteiger partial charge in [-0.15, -0.1) is 0 Å². The summed E-state index contributed by atoms with van der Waals surface area (Å²) in [5, 5.41) is 0.602. The van der Waals surface area contributed by atoms with Gasteiger partial charge < -0.3 is 4.42 Å². The van der Waals surface area contributed by atoms with Crippen molar-refractivity contribution in [3.8, 4) is 0 Å². The first-order chi connectivity index (χ1) is 6.63. The zero-order chi connectivity index (χ0) is 10.6. The average Bonchev–Trinajstić information content (AvgIpc) is 2.46. The monoisotopic (exact) mass is 215 g/mol. The van der Waals surface area contributed by atoms with Crippen LogP contribution in [0.2, 0.25) is 0 Å². The fourth-order valence-electron chi connectivity index (χ4n) is 0.808. The molecule has 1 aromatic rings. The molecule has 0 radical (unpaired) electrons. The Bertz CT molecular complexity index is 305. The second kappa shape index (κ2) is 5.02. The molecule has 0 spiro atoms. The van der Waals surface area contributed by atoms with Gasteiger partial charge in [0.25, 0.3) is 5.22 Å². The summed E-state index contributed by atoms with van der Waals surface area (Å²) in [6, 6.07) is 0. The van der Waals surface area contributed by atoms with Crippen molar-refractivity contribution in [2.24, 2.45) is 5.84 Å². The van der Waals surface area contributed by atoms with Crippen LogP contribution in [0.4, 0.5) is 0 Å². The molecule has 1 rings (SSSR count). The van der Waals surface area contributed by atoms with E-state index in [4.69, 9.17) is 10.3 Å². The van der Waals surface area contributed by atoms with Crippen LogP contribution < -0.4 is 11.3 Å². The first-order valence-electron chi connectivity index (χ1n) is 4.19. The molecule has 1 amide bonds. The number of carbonyl (C=O) groups is 1. The molecule has 0 aromatic carbocycles. The lowest BCUT2D eigenvalue weighted by atomic mass is 10.4. The van der Waals surface area contributed by atoms with Crippen LogP contribution in [0.3, 0.4) is 0 Å². The normalized spacial score (nSPS) is 10.2. The number of rotatable bonds is 4. The lowest BCUT2D eigenvalue weighted by molar-refractivity contribution is -0.120. The Morgan fingerprint density at radius 3 is 2.86 bits per heavy atom. The van der Waals surface area contributed by atoms with Gasteiger partial charge in [-0.2, -0.15) is 0 Å². The summed E-state index contributed by atoms with van der Waals surface area (Å²) in [5.74, 6) is 6.18. The van der Waals surface area contributed by atoms with Crippen molar-refractivity contribution in [1.29, 1.82) is 0 Å². The Labute approximate surface area is 86.4 Å². The standard InChI is InChI=1S/C8H13N3O2S/c1-5-6(2)13-8(10-5)14-4-3-7(12)11-9/h3-4,9H2,1-2H3,(H,11,12). The third-order valence-corrected chi connectivity index (χ3v) is 2.55. The summed E-state index contributed by atoms with van der Waals surface area (Å²) in [5.41, 5.74) is 2.95. The van der Waals surface area contributed by atoms with E-state index in [2.05, 4.69) is 10.4 Å². The van der Waals surface area contributed by atoms with Gasteiger partial charge in [-0.1, -0.05) is 11.8 Å². The maximum Gasteiger partial charge on any atom is 0.256 e. The number of aromatic nitrogens is 1. The minimum atomic E-state index is -0.183. The van der Waals surface area contributed by atoms with E-state index >= 15 is 0 Å². The highest BCUT2D eigenvalue weighted by Gasteiger charge is 2.06. The van der Waals surface area contributed by atoms with Gasteiger partial charge in [0.2, 0.25) is 5.91 Å². The number of nitrogens with one attached hydrogen (secondary N) is 1. The zero-order valence-corrected chi connectivity index (χ0v) is 8.98. The second-order valence-corrected chi connectivity index (χ2v) is 3.83. The Kier molecular flexibility index (Phi) is 3.97. The van der Waals surface area contributed by atoms with E-state index in [1.165, 1.54) is 11.8 Å². The lowest BCUT2D eigenvalue weighted by Crippen LogP contribution is -2.30. The van der Waals surface area contributed by atoms with E-state index in [1.54, 1.807) is 0 Å². The first kappa shape index (κ1) is 11.1. The molecule has 0 aliphatic rings. The minimum Gasteiger partial charge on any atom is -0.437 e. The molecule has 0 atom stereocenters. The average molecular weight is 215 g/mol. The summed E-state index contributed by atoms with van der Waals surface area (Å²) in [4.78, 5) is 14.9. The molecule has 1 aromatic heterocycles. The molecule has 0 aliphatic carbocycles. The summed E-state index contributed by atoms with van der Waals surface area (Å²) in [6.45, 7) is 3.74. The maximum atomic E-state index is 10.8. The Hall–Kier alpha value is -1.01. The number of thioether (sulfide) groups is 1. The van der Waals surface area contributed by atoms with Crippen LogP contribution in [0, 0.1) is 13.8 Å². The number of oxazole rings is 1. The number of hydrazine groups is 1. The molecule has 6 heteroatoms. The Balaban J connectivity index is 2.35. The fraction of sp³-hybridized carbons (Fsp3) is 0.500. The number of aryl methyl sites for hydroxylation is 2. The summed E-state index contributed by atoms with van der Waals surface area (Å²) in [7, 11) is 0. The van der Waals surface area contributed by atoms with Crippen LogP contribution in [0.15, 0.2) is 9.64 Å². The van der Waals surface area contributed by atoms with E-state index < -0.39 is 0 Å². The van der Waals surface area contributed by atoms with Gasteiger partial charge in [-0.25, -0.2) is 10.8 Å². The maximum absolute atomic E-state index is 10.8. The van der Waals surface area contributed by atoms with Crippen molar-refractivity contribution < 1.29 is 9.21 Å². The van der Waals surface area contributed by atoms with Crippen molar-refractivity contribution in [2.75, 3.05) is 5.75 Å². The molecule has 1 heterocycles. The van der Waals surface area contributed by atoms with Gasteiger partial charge in [0.05, 0.1) is 5.69 Å². The summed E-state index contributed by atoms with van der Waals surface area (Å²) in [6.07, 6.45) is 0.363. The highest BCUT2D eigenvalue weighted by molar-refractivity contribution is 7.99. The van der Waals surface area contributed by atoms with Crippen molar-refractivity contribution in [2.45, 2.75) is 25.5 Å². The number of amides is 1. The largest absolute Gasteiger partial charge is 0.437 e. The topological polar surface area (TPSA) is 81.2 Å². The van der Waals surface area contributed by atoms with E-state index in [0.717, 1.165) is 11.5 Å². The Morgan fingerprint density at radius 2 is 2.36 bits per heavy atom. The quantitative estimate of drug-likeness (QED) is 0.335. The van der Waals surface area contributed by atoms with Gasteiger partial charge in [0.1, 0.15) is 5.76 Å². The molecule has 0 bridgehead atoms. The van der Waals surface area contributed by atoms with Crippen molar-refractivity contribution in [3.05, 3.63) is 11.5 Å². The number of hydrogen-bond acceptors (Lipinski definition) is 5. The molecule has 78 valence electrons. The molecule has 14 heavy (non-hydrogen) atoms. The molecule has 0 aliphatic heterocycles. The third-order valence-electron chi connectivity index (χ3n) is 1.72. The van der Waals surface area contributed by atoms with Crippen LogP contribution in [0.5, 0.6) is 0 Å². The van der Waals surface area contributed by atoms with Crippen LogP contribution in [0.1, 0.15) is 17.9 Å². The van der Waals surface area contributed by atoms with E-state index in [1.807, 2.05) is 13.8 Å². The summed E-state index contributed by atoms with van der Waals surface area (Å²) >= 11 is 1.40. The SMILES string of the molecule is Cc1nc(SCCC(=O)NN)oc1C. The fourth-order valence-corrected chi connectivity index (χ4v) is 1.66. The third kappa shape index (κ3) is 3.04. The Morgan fingerprint density at radius 1 is 1.64 bits per heavy atom. The van der Waals surface area contributed by atoms with Gasteiger partial charge in [-0.05, 0) is 13.8 Å². The first-order valence-corrected chi connectivity index (χ1v) is 5.18. The molecule has 0 unspecified atom stereocenters. The van der Waals surface area contributed by atoms with Gasteiger partial charge in [0.15, 0.2) is 0 Å². The van der Waals surface area contributed by atoms with E-state index in [9.17, 15) is 4.79 Å². The van der Waals surface area contributed by atoms with Gasteiger partial charge in [0, 0.05) is 12.2 Å². The van der Waals surface area contributed by atoms with E-state index in [-0.39, 0.29) is 5.91 Å². The minimum absolute atomic E-state index is 0.183. The highest BCUT2D eigenvalue weighted by atomic mass is 32.2. The number of carbonyl (C=O) groups excluding carboxylic acids is 1.